The molecule has 1 fully saturated rings. The summed E-state index contributed by atoms with van der Waals surface area (Å²) in [7, 11) is 1.68. The third kappa shape index (κ3) is 5.03. The number of benzene rings is 1. The predicted molar refractivity (Wildman–Crippen MR) is 106 cm³/mol. The van der Waals surface area contributed by atoms with E-state index in [4.69, 9.17) is 10.5 Å². The number of guanidine groups is 1. The van der Waals surface area contributed by atoms with Gasteiger partial charge in [0.15, 0.2) is 5.96 Å². The Morgan fingerprint density at radius 2 is 1.85 bits per heavy atom. The maximum atomic E-state index is 11.5. The molecule has 1 aliphatic heterocycles. The molecule has 7 nitrogen and oxygen atoms in total. The molecule has 0 atom stereocenters. The van der Waals surface area contributed by atoms with Gasteiger partial charge in [-0.25, -0.2) is 0 Å². The van der Waals surface area contributed by atoms with Crippen molar-refractivity contribution in [1.82, 2.24) is 10.2 Å². The summed E-state index contributed by atoms with van der Waals surface area (Å²) >= 11 is 0. The zero-order chi connectivity index (χ0) is 19.2. The number of nitrogens with two attached hydrogens (primary N) is 1. The van der Waals surface area contributed by atoms with Crippen LogP contribution < -0.4 is 20.7 Å². The minimum Gasteiger partial charge on any atom is -0.497 e. The molecule has 0 aromatic heterocycles. The standard InChI is InChI=1S/C19H31N5O2/c1-5-21-18(22-14-19(2,3)17(20)25)24-12-10-23(11-13-24)15-6-8-16(26-4)9-7-15/h6-9H,5,10-14H2,1-4H3,(H2,20,25)(H,21,22). The fraction of sp³-hybridized carbons (Fsp3) is 0.579. The van der Waals surface area contributed by atoms with Crippen molar-refractivity contribution in [2.75, 3.05) is 51.3 Å². The number of nitrogens with zero attached hydrogens (tertiary/aromatic N) is 3. The second-order valence-electron chi connectivity index (χ2n) is 7.09. The number of amides is 1. The lowest BCUT2D eigenvalue weighted by Crippen LogP contribution is -2.53. The molecule has 0 unspecified atom stereocenters. The zero-order valence-electron chi connectivity index (χ0n) is 16.3. The first-order valence-corrected chi connectivity index (χ1v) is 9.09. The monoisotopic (exact) mass is 361 g/mol. The van der Waals surface area contributed by atoms with E-state index in [2.05, 4.69) is 32.2 Å². The molecule has 0 radical (unpaired) electrons. The molecule has 26 heavy (non-hydrogen) atoms. The minimum atomic E-state index is -0.647. The summed E-state index contributed by atoms with van der Waals surface area (Å²) < 4.78 is 5.22. The van der Waals surface area contributed by atoms with E-state index in [1.54, 1.807) is 7.11 Å². The second-order valence-corrected chi connectivity index (χ2v) is 7.09. The number of piperazine rings is 1. The number of primary amides is 1. The lowest BCUT2D eigenvalue weighted by molar-refractivity contribution is -0.125. The van der Waals surface area contributed by atoms with Crippen LogP contribution in [-0.2, 0) is 4.79 Å². The van der Waals surface area contributed by atoms with E-state index in [0.29, 0.717) is 6.54 Å². The summed E-state index contributed by atoms with van der Waals surface area (Å²) in [5.74, 6) is 1.38. The van der Waals surface area contributed by atoms with Gasteiger partial charge in [0.25, 0.3) is 0 Å². The van der Waals surface area contributed by atoms with Crippen molar-refractivity contribution in [1.29, 1.82) is 0 Å². The van der Waals surface area contributed by atoms with Gasteiger partial charge in [0.05, 0.1) is 19.1 Å². The molecule has 3 N–H and O–H groups in total. The van der Waals surface area contributed by atoms with Gasteiger partial charge in [0, 0.05) is 38.4 Å². The first kappa shape index (κ1) is 19.9. The Kier molecular flexibility index (Phi) is 6.71. The summed E-state index contributed by atoms with van der Waals surface area (Å²) in [4.78, 5) is 20.8. The maximum Gasteiger partial charge on any atom is 0.224 e. The van der Waals surface area contributed by atoms with E-state index in [0.717, 1.165) is 44.4 Å². The van der Waals surface area contributed by atoms with Gasteiger partial charge in [-0.2, -0.15) is 0 Å². The van der Waals surface area contributed by atoms with Gasteiger partial charge in [-0.1, -0.05) is 0 Å². The van der Waals surface area contributed by atoms with Gasteiger partial charge in [-0.3, -0.25) is 9.79 Å². The highest BCUT2D eigenvalue weighted by molar-refractivity contribution is 5.83. The molecule has 0 saturated carbocycles. The normalized spacial score (nSPS) is 15.8. The number of hydrogen-bond donors (Lipinski definition) is 2. The van der Waals surface area contributed by atoms with Crippen LogP contribution in [0.25, 0.3) is 0 Å². The van der Waals surface area contributed by atoms with Crippen LogP contribution in [0.4, 0.5) is 5.69 Å². The lowest BCUT2D eigenvalue weighted by Gasteiger charge is -2.38. The van der Waals surface area contributed by atoms with Crippen LogP contribution in [0, 0.1) is 5.41 Å². The van der Waals surface area contributed by atoms with Crippen LogP contribution >= 0.6 is 0 Å². The molecule has 2 rings (SSSR count). The van der Waals surface area contributed by atoms with Crippen LogP contribution in [0.15, 0.2) is 29.3 Å². The van der Waals surface area contributed by atoms with Crippen LogP contribution in [-0.4, -0.2) is 63.1 Å². The van der Waals surface area contributed by atoms with Gasteiger partial charge in [0.1, 0.15) is 5.75 Å². The Hall–Kier alpha value is -2.44. The largest absolute Gasteiger partial charge is 0.497 e. The molecule has 7 heteroatoms. The van der Waals surface area contributed by atoms with E-state index >= 15 is 0 Å². The number of ether oxygens (including phenoxy) is 1. The first-order valence-electron chi connectivity index (χ1n) is 9.09. The summed E-state index contributed by atoms with van der Waals surface area (Å²) in [6, 6.07) is 8.14. The molecular weight excluding hydrogens is 330 g/mol. The van der Waals surface area contributed by atoms with E-state index in [9.17, 15) is 4.79 Å². The van der Waals surface area contributed by atoms with Gasteiger partial charge in [0.2, 0.25) is 5.91 Å². The average molecular weight is 361 g/mol. The van der Waals surface area contributed by atoms with Gasteiger partial charge < -0.3 is 25.6 Å². The fourth-order valence-electron chi connectivity index (χ4n) is 2.75. The van der Waals surface area contributed by atoms with E-state index in [1.807, 2.05) is 32.9 Å². The quantitative estimate of drug-likeness (QED) is 0.589. The van der Waals surface area contributed by atoms with Crippen LogP contribution in [0.1, 0.15) is 20.8 Å². The van der Waals surface area contributed by atoms with Gasteiger partial charge in [-0.15, -0.1) is 0 Å². The molecule has 1 aromatic carbocycles. The van der Waals surface area contributed by atoms with Gasteiger partial charge in [-0.05, 0) is 45.0 Å². The number of rotatable bonds is 6. The number of nitrogens with one attached hydrogen (secondary N) is 1. The van der Waals surface area contributed by atoms with Crippen molar-refractivity contribution in [2.24, 2.45) is 16.1 Å². The van der Waals surface area contributed by atoms with Gasteiger partial charge >= 0.3 is 0 Å². The zero-order valence-corrected chi connectivity index (χ0v) is 16.3. The molecule has 1 aliphatic rings. The summed E-state index contributed by atoms with van der Waals surface area (Å²) in [5.41, 5.74) is 6.00. The van der Waals surface area contributed by atoms with Crippen LogP contribution in [0.3, 0.4) is 0 Å². The molecule has 144 valence electrons. The molecule has 0 spiro atoms. The van der Waals surface area contributed by atoms with Crippen molar-refractivity contribution in [2.45, 2.75) is 20.8 Å². The molecule has 1 heterocycles. The highest BCUT2D eigenvalue weighted by Gasteiger charge is 2.26. The predicted octanol–water partition coefficient (Wildman–Crippen LogP) is 1.29. The Balaban J connectivity index is 1.99. The number of carbonyl (C=O) groups is 1. The molecule has 1 saturated heterocycles. The molecule has 0 aliphatic carbocycles. The van der Waals surface area contributed by atoms with Crippen molar-refractivity contribution in [3.05, 3.63) is 24.3 Å². The van der Waals surface area contributed by atoms with Crippen molar-refractivity contribution in [3.63, 3.8) is 0 Å². The SMILES string of the molecule is CCNC(=NCC(C)(C)C(N)=O)N1CCN(c2ccc(OC)cc2)CC1. The molecular formula is C19H31N5O2. The van der Waals surface area contributed by atoms with Crippen LogP contribution in [0.2, 0.25) is 0 Å². The Bertz CT molecular complexity index is 619. The Morgan fingerprint density at radius 3 is 2.35 bits per heavy atom. The number of methoxy groups -OCH3 is 1. The third-order valence-corrected chi connectivity index (χ3v) is 4.64. The Labute approximate surface area is 156 Å². The molecule has 0 bridgehead atoms. The van der Waals surface area contributed by atoms with E-state index in [-0.39, 0.29) is 5.91 Å². The smallest absolute Gasteiger partial charge is 0.224 e. The summed E-state index contributed by atoms with van der Waals surface area (Å²) in [6.45, 7) is 10.4. The average Bonchev–Trinajstić information content (AvgIpc) is 2.65. The topological polar surface area (TPSA) is 83.2 Å². The first-order chi connectivity index (χ1) is 12.4. The molecule has 1 amide bonds. The fourth-order valence-corrected chi connectivity index (χ4v) is 2.75. The maximum absolute atomic E-state index is 11.5. The minimum absolute atomic E-state index is 0.332. The number of anilines is 1. The van der Waals surface area contributed by atoms with E-state index in [1.165, 1.54) is 5.69 Å². The van der Waals surface area contributed by atoms with Crippen molar-refractivity contribution < 1.29 is 9.53 Å². The third-order valence-electron chi connectivity index (χ3n) is 4.64. The van der Waals surface area contributed by atoms with E-state index < -0.39 is 5.41 Å². The number of hydrogen-bond acceptors (Lipinski definition) is 4. The molecule has 1 aromatic rings. The van der Waals surface area contributed by atoms with Crippen LogP contribution in [0.5, 0.6) is 5.75 Å². The number of carbonyl (C=O) groups excluding carboxylic acids is 1. The highest BCUT2D eigenvalue weighted by atomic mass is 16.5. The van der Waals surface area contributed by atoms with Crippen molar-refractivity contribution >= 4 is 17.6 Å². The second kappa shape index (κ2) is 8.78. The number of aliphatic imine (C=N–C) groups is 1. The summed E-state index contributed by atoms with van der Waals surface area (Å²) in [5, 5.41) is 3.32. The lowest BCUT2D eigenvalue weighted by atomic mass is 9.93. The Morgan fingerprint density at radius 1 is 1.23 bits per heavy atom. The highest BCUT2D eigenvalue weighted by Crippen LogP contribution is 2.21. The summed E-state index contributed by atoms with van der Waals surface area (Å²) in [6.07, 6.45) is 0. The van der Waals surface area contributed by atoms with Crippen molar-refractivity contribution in [3.8, 4) is 5.75 Å².